The van der Waals surface area contributed by atoms with E-state index in [9.17, 15) is 9.90 Å². The van der Waals surface area contributed by atoms with Crippen LogP contribution < -0.4 is 15.8 Å². The molecule has 1 aromatic carbocycles. The molecule has 1 amide bonds. The molecule has 0 aliphatic heterocycles. The van der Waals surface area contributed by atoms with Crippen molar-refractivity contribution in [1.29, 1.82) is 0 Å². The molecule has 5 heteroatoms. The van der Waals surface area contributed by atoms with E-state index in [0.717, 1.165) is 25.7 Å². The van der Waals surface area contributed by atoms with Gasteiger partial charge in [-0.05, 0) is 61.8 Å². The number of nitrogens with one attached hydrogen (secondary N) is 1. The van der Waals surface area contributed by atoms with Gasteiger partial charge in [0.05, 0.1) is 0 Å². The van der Waals surface area contributed by atoms with Crippen LogP contribution in [-0.4, -0.2) is 29.7 Å². The topological polar surface area (TPSA) is 84.6 Å². The summed E-state index contributed by atoms with van der Waals surface area (Å²) in [4.78, 5) is 12.1. The molecule has 2 aliphatic rings. The van der Waals surface area contributed by atoms with Gasteiger partial charge in [-0.15, -0.1) is 0 Å². The van der Waals surface area contributed by atoms with E-state index in [4.69, 9.17) is 10.5 Å². The second kappa shape index (κ2) is 6.57. The lowest BCUT2D eigenvalue weighted by Crippen LogP contribution is -2.54. The Bertz CT molecular complexity index is 503. The van der Waals surface area contributed by atoms with Crippen molar-refractivity contribution in [2.75, 3.05) is 6.61 Å². The average Bonchev–Trinajstić information content (AvgIpc) is 2.48. The van der Waals surface area contributed by atoms with Gasteiger partial charge in [0.25, 0.3) is 5.91 Å². The number of nitrogens with two attached hydrogens (primary N) is 1. The molecule has 0 spiro atoms. The van der Waals surface area contributed by atoms with E-state index in [1.165, 1.54) is 6.42 Å². The van der Waals surface area contributed by atoms with Gasteiger partial charge in [-0.1, -0.05) is 6.42 Å². The Morgan fingerprint density at radius 1 is 1.23 bits per heavy atom. The second-order valence-corrected chi connectivity index (χ2v) is 6.56. The number of carbonyl (C=O) groups excluding carboxylic acids is 1. The number of phenolic OH excluding ortho intramolecular Hbond substituents is 1. The fourth-order valence-electron chi connectivity index (χ4n) is 3.94. The Morgan fingerprint density at radius 2 is 1.86 bits per heavy atom. The van der Waals surface area contributed by atoms with Crippen molar-refractivity contribution in [3.63, 3.8) is 0 Å². The van der Waals surface area contributed by atoms with E-state index in [2.05, 4.69) is 5.32 Å². The highest BCUT2D eigenvalue weighted by Gasteiger charge is 2.39. The van der Waals surface area contributed by atoms with Crippen molar-refractivity contribution in [3.05, 3.63) is 24.3 Å². The van der Waals surface area contributed by atoms with Crippen LogP contribution in [0.25, 0.3) is 0 Å². The molecule has 2 atom stereocenters. The molecular weight excluding hydrogens is 280 g/mol. The smallest absolute Gasteiger partial charge is 0.258 e. The molecule has 0 heterocycles. The van der Waals surface area contributed by atoms with E-state index in [1.807, 2.05) is 0 Å². The predicted molar refractivity (Wildman–Crippen MR) is 83.6 cm³/mol. The van der Waals surface area contributed by atoms with E-state index < -0.39 is 0 Å². The highest BCUT2D eigenvalue weighted by Crippen LogP contribution is 2.39. The van der Waals surface area contributed by atoms with Gasteiger partial charge in [0.1, 0.15) is 11.5 Å². The van der Waals surface area contributed by atoms with Crippen LogP contribution in [0.3, 0.4) is 0 Å². The summed E-state index contributed by atoms with van der Waals surface area (Å²) in [6.45, 7) is 0.00672. The third-order valence-corrected chi connectivity index (χ3v) is 4.91. The molecule has 5 nitrogen and oxygen atoms in total. The lowest BCUT2D eigenvalue weighted by Gasteiger charge is -2.45. The van der Waals surface area contributed by atoms with Crippen LogP contribution in [0.15, 0.2) is 24.3 Å². The van der Waals surface area contributed by atoms with Gasteiger partial charge in [0, 0.05) is 12.1 Å². The number of hydrogen-bond acceptors (Lipinski definition) is 4. The van der Waals surface area contributed by atoms with E-state index in [0.29, 0.717) is 17.6 Å². The third-order valence-electron chi connectivity index (χ3n) is 4.91. The summed E-state index contributed by atoms with van der Waals surface area (Å²) in [5.41, 5.74) is 6.11. The van der Waals surface area contributed by atoms with Gasteiger partial charge in [-0.2, -0.15) is 0 Å². The van der Waals surface area contributed by atoms with Gasteiger partial charge < -0.3 is 20.9 Å². The number of benzene rings is 1. The fourth-order valence-corrected chi connectivity index (χ4v) is 3.94. The van der Waals surface area contributed by atoms with Gasteiger partial charge in [0.2, 0.25) is 0 Å². The Kier molecular flexibility index (Phi) is 4.52. The molecular formula is C17H24N2O3. The molecule has 22 heavy (non-hydrogen) atoms. The van der Waals surface area contributed by atoms with Crippen molar-refractivity contribution in [2.45, 2.75) is 44.2 Å². The molecule has 4 N–H and O–H groups in total. The SMILES string of the molecule is NC1CC2CCCC(C1)C2NC(=O)COc1ccc(O)cc1. The van der Waals surface area contributed by atoms with Crippen LogP contribution in [0.2, 0.25) is 0 Å². The largest absolute Gasteiger partial charge is 0.508 e. The van der Waals surface area contributed by atoms with Gasteiger partial charge in [-0.3, -0.25) is 4.79 Å². The van der Waals surface area contributed by atoms with Gasteiger partial charge in [-0.25, -0.2) is 0 Å². The van der Waals surface area contributed by atoms with Gasteiger partial charge in [0.15, 0.2) is 6.61 Å². The predicted octanol–water partition coefficient (Wildman–Crippen LogP) is 1.79. The maximum absolute atomic E-state index is 12.1. The Hall–Kier alpha value is -1.75. The van der Waals surface area contributed by atoms with Crippen LogP contribution in [0.5, 0.6) is 11.5 Å². The summed E-state index contributed by atoms with van der Waals surface area (Å²) in [6, 6.07) is 6.93. The number of fused-ring (bicyclic) bond motifs is 2. The summed E-state index contributed by atoms with van der Waals surface area (Å²) in [7, 11) is 0. The minimum Gasteiger partial charge on any atom is -0.508 e. The number of ether oxygens (including phenoxy) is 1. The molecule has 2 aliphatic carbocycles. The first-order valence-electron chi connectivity index (χ1n) is 8.08. The molecule has 120 valence electrons. The average molecular weight is 304 g/mol. The maximum Gasteiger partial charge on any atom is 0.258 e. The molecule has 2 unspecified atom stereocenters. The quantitative estimate of drug-likeness (QED) is 0.792. The highest BCUT2D eigenvalue weighted by molar-refractivity contribution is 5.78. The van der Waals surface area contributed by atoms with E-state index in [-0.39, 0.29) is 30.3 Å². The normalized spacial score (nSPS) is 30.6. The van der Waals surface area contributed by atoms with Crippen LogP contribution in [0, 0.1) is 11.8 Å². The molecule has 0 aromatic heterocycles. The van der Waals surface area contributed by atoms with Crippen LogP contribution >= 0.6 is 0 Å². The number of phenols is 1. The molecule has 2 fully saturated rings. The summed E-state index contributed by atoms with van der Waals surface area (Å²) >= 11 is 0. The number of hydrogen-bond donors (Lipinski definition) is 3. The molecule has 0 radical (unpaired) electrons. The molecule has 2 bridgehead atoms. The summed E-state index contributed by atoms with van der Waals surface area (Å²) in [5.74, 6) is 1.72. The first kappa shape index (κ1) is 15.2. The third kappa shape index (κ3) is 3.53. The number of amides is 1. The summed E-state index contributed by atoms with van der Waals surface area (Å²) < 4.78 is 5.46. The van der Waals surface area contributed by atoms with Crippen LogP contribution in [0.1, 0.15) is 32.1 Å². The van der Waals surface area contributed by atoms with Crippen LogP contribution in [-0.2, 0) is 4.79 Å². The Morgan fingerprint density at radius 3 is 2.50 bits per heavy atom. The molecule has 1 aromatic rings. The molecule has 3 rings (SSSR count). The zero-order valence-electron chi connectivity index (χ0n) is 12.7. The zero-order chi connectivity index (χ0) is 15.5. The van der Waals surface area contributed by atoms with Crippen molar-refractivity contribution >= 4 is 5.91 Å². The summed E-state index contributed by atoms with van der Waals surface area (Å²) in [6.07, 6.45) is 5.60. The molecule has 0 saturated heterocycles. The number of carbonyl (C=O) groups is 1. The lowest BCUT2D eigenvalue weighted by molar-refractivity contribution is -0.125. The Labute approximate surface area is 130 Å². The van der Waals surface area contributed by atoms with Crippen molar-refractivity contribution in [3.8, 4) is 11.5 Å². The van der Waals surface area contributed by atoms with Crippen LogP contribution in [0.4, 0.5) is 0 Å². The summed E-state index contributed by atoms with van der Waals surface area (Å²) in [5, 5.41) is 12.4. The van der Waals surface area contributed by atoms with Crippen molar-refractivity contribution in [1.82, 2.24) is 5.32 Å². The number of rotatable bonds is 4. The standard InChI is InChI=1S/C17H24N2O3/c18-13-8-11-2-1-3-12(9-13)17(11)19-16(21)10-22-15-6-4-14(20)5-7-15/h4-7,11-13,17,20H,1-3,8-10,18H2,(H,19,21). The monoisotopic (exact) mass is 304 g/mol. The van der Waals surface area contributed by atoms with E-state index >= 15 is 0 Å². The number of aromatic hydroxyl groups is 1. The minimum absolute atomic E-state index is 0.00672. The first-order chi connectivity index (χ1) is 10.6. The maximum atomic E-state index is 12.1. The fraction of sp³-hybridized carbons (Fsp3) is 0.588. The highest BCUT2D eigenvalue weighted by atomic mass is 16.5. The lowest BCUT2D eigenvalue weighted by atomic mass is 9.67. The molecule has 2 saturated carbocycles. The van der Waals surface area contributed by atoms with E-state index in [1.54, 1.807) is 24.3 Å². The zero-order valence-corrected chi connectivity index (χ0v) is 12.7. The van der Waals surface area contributed by atoms with Crippen molar-refractivity contribution < 1.29 is 14.6 Å². The van der Waals surface area contributed by atoms with Gasteiger partial charge >= 0.3 is 0 Å². The second-order valence-electron chi connectivity index (χ2n) is 6.56. The minimum atomic E-state index is -0.0783. The first-order valence-corrected chi connectivity index (χ1v) is 8.08. The Balaban J connectivity index is 1.52. The van der Waals surface area contributed by atoms with Crippen molar-refractivity contribution in [2.24, 2.45) is 17.6 Å².